The zero-order chi connectivity index (χ0) is 12.7. The summed E-state index contributed by atoms with van der Waals surface area (Å²) >= 11 is 0. The molecule has 0 saturated heterocycles. The summed E-state index contributed by atoms with van der Waals surface area (Å²) in [5, 5.41) is 5.66. The Morgan fingerprint density at radius 2 is 1.94 bits per heavy atom. The van der Waals surface area contributed by atoms with Crippen molar-refractivity contribution in [2.75, 3.05) is 11.9 Å². The molecular formula is C13H19FN2O. The minimum absolute atomic E-state index is 0.209. The van der Waals surface area contributed by atoms with Crippen LogP contribution in [0.3, 0.4) is 0 Å². The van der Waals surface area contributed by atoms with Crippen LogP contribution in [0.25, 0.3) is 0 Å². The smallest absolute Gasteiger partial charge is 0.238 e. The summed E-state index contributed by atoms with van der Waals surface area (Å²) in [7, 11) is 0. The van der Waals surface area contributed by atoms with Crippen molar-refractivity contribution in [3.8, 4) is 0 Å². The lowest BCUT2D eigenvalue weighted by Gasteiger charge is -2.14. The molecular weight excluding hydrogens is 219 g/mol. The van der Waals surface area contributed by atoms with Gasteiger partial charge in [0.2, 0.25) is 5.91 Å². The zero-order valence-electron chi connectivity index (χ0n) is 10.3. The van der Waals surface area contributed by atoms with Crippen molar-refractivity contribution in [1.82, 2.24) is 5.32 Å². The largest absolute Gasteiger partial charge is 0.322 e. The van der Waals surface area contributed by atoms with Crippen molar-refractivity contribution < 1.29 is 9.18 Å². The molecule has 94 valence electrons. The number of halogens is 1. The molecule has 1 amide bonds. The van der Waals surface area contributed by atoms with Gasteiger partial charge in [-0.05, 0) is 25.0 Å². The third-order valence-electron chi connectivity index (χ3n) is 2.68. The number of hydrogen-bond acceptors (Lipinski definition) is 2. The molecule has 2 N–H and O–H groups in total. The summed E-state index contributed by atoms with van der Waals surface area (Å²) in [6.07, 6.45) is 1.95. The number of carbonyl (C=O) groups excluding carboxylic acids is 1. The molecule has 1 rings (SSSR count). The summed E-state index contributed by atoms with van der Waals surface area (Å²) in [6, 6.07) is 6.48. The average molecular weight is 238 g/mol. The van der Waals surface area contributed by atoms with Crippen LogP contribution in [-0.2, 0) is 4.79 Å². The van der Waals surface area contributed by atoms with E-state index in [0.29, 0.717) is 6.04 Å². The van der Waals surface area contributed by atoms with E-state index in [4.69, 9.17) is 0 Å². The standard InChI is InChI=1S/C13H19FN2O/c1-3-10(4-2)15-9-13(17)16-12-8-6-5-7-11(12)14/h5-8,10,15H,3-4,9H2,1-2H3,(H,16,17). The first-order valence-corrected chi connectivity index (χ1v) is 5.95. The van der Waals surface area contributed by atoms with E-state index in [0.717, 1.165) is 12.8 Å². The molecule has 4 heteroatoms. The van der Waals surface area contributed by atoms with E-state index in [2.05, 4.69) is 24.5 Å². The van der Waals surface area contributed by atoms with Crippen LogP contribution in [0.1, 0.15) is 26.7 Å². The van der Waals surface area contributed by atoms with Gasteiger partial charge in [0, 0.05) is 6.04 Å². The zero-order valence-corrected chi connectivity index (χ0v) is 10.3. The lowest BCUT2D eigenvalue weighted by atomic mass is 10.2. The third kappa shape index (κ3) is 4.53. The normalized spacial score (nSPS) is 10.6. The van der Waals surface area contributed by atoms with Crippen LogP contribution in [0.5, 0.6) is 0 Å². The summed E-state index contributed by atoms with van der Waals surface area (Å²) in [5.41, 5.74) is 0.226. The highest BCUT2D eigenvalue weighted by molar-refractivity contribution is 5.92. The van der Waals surface area contributed by atoms with E-state index in [1.165, 1.54) is 6.07 Å². The van der Waals surface area contributed by atoms with Crippen LogP contribution < -0.4 is 10.6 Å². The van der Waals surface area contributed by atoms with E-state index in [9.17, 15) is 9.18 Å². The molecule has 3 nitrogen and oxygen atoms in total. The van der Waals surface area contributed by atoms with Crippen LogP contribution >= 0.6 is 0 Å². The minimum Gasteiger partial charge on any atom is -0.322 e. The predicted octanol–water partition coefficient (Wildman–Crippen LogP) is 2.54. The maximum atomic E-state index is 13.2. The van der Waals surface area contributed by atoms with Gasteiger partial charge in [-0.25, -0.2) is 4.39 Å². The van der Waals surface area contributed by atoms with Gasteiger partial charge >= 0.3 is 0 Å². The fourth-order valence-corrected chi connectivity index (χ4v) is 1.57. The lowest BCUT2D eigenvalue weighted by molar-refractivity contribution is -0.115. The number of carbonyl (C=O) groups is 1. The number of hydrogen-bond donors (Lipinski definition) is 2. The SMILES string of the molecule is CCC(CC)NCC(=O)Nc1ccccc1F. The van der Waals surface area contributed by atoms with Crippen LogP contribution in [0.4, 0.5) is 10.1 Å². The van der Waals surface area contributed by atoms with E-state index in [-0.39, 0.29) is 18.1 Å². The molecule has 0 bridgehead atoms. The molecule has 0 aliphatic heterocycles. The van der Waals surface area contributed by atoms with Crippen molar-refractivity contribution in [3.63, 3.8) is 0 Å². The van der Waals surface area contributed by atoms with E-state index in [1.807, 2.05) is 0 Å². The Bertz CT molecular complexity index is 364. The topological polar surface area (TPSA) is 41.1 Å². The summed E-state index contributed by atoms with van der Waals surface area (Å²) in [5.74, 6) is -0.634. The molecule has 0 spiro atoms. The second-order valence-electron chi connectivity index (χ2n) is 3.92. The highest BCUT2D eigenvalue weighted by Gasteiger charge is 2.08. The molecule has 1 aromatic carbocycles. The molecule has 17 heavy (non-hydrogen) atoms. The van der Waals surface area contributed by atoms with Gasteiger partial charge in [-0.1, -0.05) is 26.0 Å². The summed E-state index contributed by atoms with van der Waals surface area (Å²) < 4.78 is 13.2. The Morgan fingerprint density at radius 1 is 1.29 bits per heavy atom. The van der Waals surface area contributed by atoms with Gasteiger partial charge in [0.25, 0.3) is 0 Å². The first-order chi connectivity index (χ1) is 8.17. The van der Waals surface area contributed by atoms with Gasteiger partial charge in [-0.3, -0.25) is 4.79 Å². The number of amides is 1. The number of benzene rings is 1. The molecule has 0 unspecified atom stereocenters. The second kappa shape index (κ2) is 7.01. The number of para-hydroxylation sites is 1. The van der Waals surface area contributed by atoms with Gasteiger partial charge in [0.1, 0.15) is 5.82 Å². The summed E-state index contributed by atoms with van der Waals surface area (Å²) in [4.78, 5) is 11.6. The van der Waals surface area contributed by atoms with Crippen molar-refractivity contribution in [2.45, 2.75) is 32.7 Å². The van der Waals surface area contributed by atoms with Crippen molar-refractivity contribution in [1.29, 1.82) is 0 Å². The molecule has 0 radical (unpaired) electrons. The molecule has 1 aromatic rings. The highest BCUT2D eigenvalue weighted by atomic mass is 19.1. The molecule has 0 aromatic heterocycles. The van der Waals surface area contributed by atoms with Crippen LogP contribution in [0.2, 0.25) is 0 Å². The van der Waals surface area contributed by atoms with Crippen molar-refractivity contribution in [2.24, 2.45) is 0 Å². The Kier molecular flexibility index (Phi) is 5.63. The maximum absolute atomic E-state index is 13.2. The van der Waals surface area contributed by atoms with Gasteiger partial charge in [-0.15, -0.1) is 0 Å². The molecule has 0 aliphatic rings. The Hall–Kier alpha value is -1.42. The van der Waals surface area contributed by atoms with E-state index in [1.54, 1.807) is 18.2 Å². The maximum Gasteiger partial charge on any atom is 0.238 e. The summed E-state index contributed by atoms with van der Waals surface area (Å²) in [6.45, 7) is 4.34. The third-order valence-corrected chi connectivity index (χ3v) is 2.68. The number of nitrogens with one attached hydrogen (secondary N) is 2. The Morgan fingerprint density at radius 3 is 2.53 bits per heavy atom. The molecule has 0 fully saturated rings. The van der Waals surface area contributed by atoms with Gasteiger partial charge in [-0.2, -0.15) is 0 Å². The number of anilines is 1. The number of rotatable bonds is 6. The molecule has 0 atom stereocenters. The quantitative estimate of drug-likeness (QED) is 0.799. The molecule has 0 saturated carbocycles. The van der Waals surface area contributed by atoms with Crippen LogP contribution in [-0.4, -0.2) is 18.5 Å². The van der Waals surface area contributed by atoms with Crippen LogP contribution in [0, 0.1) is 5.82 Å². The average Bonchev–Trinajstić information content (AvgIpc) is 2.33. The lowest BCUT2D eigenvalue weighted by Crippen LogP contribution is -2.35. The Labute approximate surface area is 101 Å². The fourth-order valence-electron chi connectivity index (χ4n) is 1.57. The van der Waals surface area contributed by atoms with E-state index < -0.39 is 5.82 Å². The minimum atomic E-state index is -0.414. The predicted molar refractivity (Wildman–Crippen MR) is 67.4 cm³/mol. The van der Waals surface area contributed by atoms with Crippen molar-refractivity contribution >= 4 is 11.6 Å². The molecule has 0 aliphatic carbocycles. The van der Waals surface area contributed by atoms with Crippen LogP contribution in [0.15, 0.2) is 24.3 Å². The highest BCUT2D eigenvalue weighted by Crippen LogP contribution is 2.11. The Balaban J connectivity index is 2.42. The van der Waals surface area contributed by atoms with E-state index >= 15 is 0 Å². The molecule has 0 heterocycles. The first kappa shape index (κ1) is 13.6. The second-order valence-corrected chi connectivity index (χ2v) is 3.92. The van der Waals surface area contributed by atoms with Gasteiger partial charge in [0.15, 0.2) is 0 Å². The van der Waals surface area contributed by atoms with Gasteiger partial charge in [0.05, 0.1) is 12.2 Å². The monoisotopic (exact) mass is 238 g/mol. The fraction of sp³-hybridized carbons (Fsp3) is 0.462. The first-order valence-electron chi connectivity index (χ1n) is 5.95. The van der Waals surface area contributed by atoms with Gasteiger partial charge < -0.3 is 10.6 Å². The van der Waals surface area contributed by atoms with Crippen molar-refractivity contribution in [3.05, 3.63) is 30.1 Å².